The van der Waals surface area contributed by atoms with Gasteiger partial charge in [0.25, 0.3) is 5.91 Å². The first-order valence-electron chi connectivity index (χ1n) is 12.1. The molecule has 1 aromatic carbocycles. The fourth-order valence-corrected chi connectivity index (χ4v) is 5.47. The fraction of sp³-hybridized carbons (Fsp3) is 0.538. The van der Waals surface area contributed by atoms with Gasteiger partial charge in [0.2, 0.25) is 0 Å². The summed E-state index contributed by atoms with van der Waals surface area (Å²) in [6.07, 6.45) is 9.30. The highest BCUT2D eigenvalue weighted by molar-refractivity contribution is 5.99. The van der Waals surface area contributed by atoms with Crippen molar-refractivity contribution in [2.45, 2.75) is 69.7 Å². The number of hydrogen-bond donors (Lipinski definition) is 3. The quantitative estimate of drug-likeness (QED) is 0.651. The summed E-state index contributed by atoms with van der Waals surface area (Å²) in [6, 6.07) is 10.5. The van der Waals surface area contributed by atoms with Crippen LogP contribution in [0.2, 0.25) is 0 Å². The van der Waals surface area contributed by atoms with Gasteiger partial charge >= 0.3 is 0 Å². The van der Waals surface area contributed by atoms with Crippen molar-refractivity contribution in [3.8, 4) is 11.3 Å². The number of carbonyl (C=O) groups is 1. The van der Waals surface area contributed by atoms with Crippen molar-refractivity contribution in [2.75, 3.05) is 19.6 Å². The van der Waals surface area contributed by atoms with Crippen LogP contribution < -0.4 is 10.6 Å². The Morgan fingerprint density at radius 1 is 1.16 bits per heavy atom. The molecule has 0 spiro atoms. The lowest BCUT2D eigenvalue weighted by molar-refractivity contribution is 0.00467. The van der Waals surface area contributed by atoms with Gasteiger partial charge in [-0.3, -0.25) is 9.78 Å². The molecule has 3 aliphatic rings. The van der Waals surface area contributed by atoms with Crippen LogP contribution in [0.5, 0.6) is 0 Å². The van der Waals surface area contributed by atoms with Crippen molar-refractivity contribution in [1.82, 2.24) is 20.5 Å². The third-order valence-electron chi connectivity index (χ3n) is 7.34. The van der Waals surface area contributed by atoms with E-state index >= 15 is 0 Å². The van der Waals surface area contributed by atoms with E-state index in [0.717, 1.165) is 79.6 Å². The smallest absolute Gasteiger partial charge is 0.254 e. The first kappa shape index (κ1) is 21.6. The van der Waals surface area contributed by atoms with Gasteiger partial charge in [0, 0.05) is 49.5 Å². The molecule has 2 aliphatic heterocycles. The molecule has 3 N–H and O–H groups in total. The van der Waals surface area contributed by atoms with Gasteiger partial charge in [-0.15, -0.1) is 0 Å². The third kappa shape index (κ3) is 4.58. The molecule has 1 saturated carbocycles. The molecule has 1 aromatic heterocycles. The van der Waals surface area contributed by atoms with E-state index in [0.29, 0.717) is 25.7 Å². The second-order valence-electron chi connectivity index (χ2n) is 9.74. The highest BCUT2D eigenvalue weighted by Crippen LogP contribution is 2.31. The number of carbonyl (C=O) groups excluding carboxylic acids is 1. The van der Waals surface area contributed by atoms with Gasteiger partial charge in [-0.1, -0.05) is 25.3 Å². The van der Waals surface area contributed by atoms with Crippen LogP contribution in [0.4, 0.5) is 0 Å². The van der Waals surface area contributed by atoms with Crippen LogP contribution in [0.1, 0.15) is 66.4 Å². The minimum atomic E-state index is -0.555. The van der Waals surface area contributed by atoms with E-state index < -0.39 is 5.60 Å². The van der Waals surface area contributed by atoms with E-state index in [1.54, 1.807) is 0 Å². The molecule has 170 valence electrons. The Morgan fingerprint density at radius 2 is 2.03 bits per heavy atom. The molecule has 1 atom stereocenters. The maximum Gasteiger partial charge on any atom is 0.254 e. The molecule has 1 unspecified atom stereocenters. The zero-order valence-electron chi connectivity index (χ0n) is 18.8. The summed E-state index contributed by atoms with van der Waals surface area (Å²) in [4.78, 5) is 19.5. The molecular weight excluding hydrogens is 400 g/mol. The summed E-state index contributed by atoms with van der Waals surface area (Å²) < 4.78 is 0. The molecule has 1 saturated heterocycles. The van der Waals surface area contributed by atoms with Gasteiger partial charge in [0.1, 0.15) is 0 Å². The Balaban J connectivity index is 1.26. The summed E-state index contributed by atoms with van der Waals surface area (Å²) in [7, 11) is 0. The predicted octanol–water partition coefficient (Wildman–Crippen LogP) is 3.24. The lowest BCUT2D eigenvalue weighted by atomic mass is 9.85. The maximum atomic E-state index is 12.9. The van der Waals surface area contributed by atoms with E-state index in [2.05, 4.69) is 27.8 Å². The predicted molar refractivity (Wildman–Crippen MR) is 125 cm³/mol. The van der Waals surface area contributed by atoms with E-state index in [4.69, 9.17) is 0 Å². The normalized spacial score (nSPS) is 22.7. The number of rotatable bonds is 6. The van der Waals surface area contributed by atoms with Crippen LogP contribution in [0.15, 0.2) is 36.5 Å². The number of aromatic nitrogens is 1. The van der Waals surface area contributed by atoms with Crippen molar-refractivity contribution in [2.24, 2.45) is 0 Å². The molecule has 2 fully saturated rings. The van der Waals surface area contributed by atoms with Crippen LogP contribution in [0.25, 0.3) is 11.3 Å². The lowest BCUT2D eigenvalue weighted by Crippen LogP contribution is -2.46. The first-order chi connectivity index (χ1) is 15.6. The van der Waals surface area contributed by atoms with Crippen molar-refractivity contribution in [1.29, 1.82) is 0 Å². The number of nitrogens with one attached hydrogen (secondary N) is 2. The number of aliphatic hydroxyl groups is 1. The highest BCUT2D eigenvalue weighted by Gasteiger charge is 2.33. The molecule has 6 heteroatoms. The Hall–Kier alpha value is -2.28. The largest absolute Gasteiger partial charge is 0.389 e. The molecule has 0 bridgehead atoms. The number of pyridine rings is 1. The molecule has 3 heterocycles. The summed E-state index contributed by atoms with van der Waals surface area (Å²) in [5.41, 5.74) is 4.50. The summed E-state index contributed by atoms with van der Waals surface area (Å²) in [6.45, 7) is 3.97. The molecule has 6 nitrogen and oxygen atoms in total. The van der Waals surface area contributed by atoms with Gasteiger partial charge in [0.05, 0.1) is 11.3 Å². The van der Waals surface area contributed by atoms with E-state index in [1.165, 1.54) is 6.42 Å². The minimum Gasteiger partial charge on any atom is -0.389 e. The van der Waals surface area contributed by atoms with Crippen LogP contribution >= 0.6 is 0 Å². The number of piperidine rings is 1. The second kappa shape index (κ2) is 9.30. The summed E-state index contributed by atoms with van der Waals surface area (Å²) >= 11 is 0. The van der Waals surface area contributed by atoms with Crippen molar-refractivity contribution < 1.29 is 9.90 Å². The van der Waals surface area contributed by atoms with E-state index in [1.807, 2.05) is 29.3 Å². The molecule has 1 aliphatic carbocycles. The number of benzene rings is 1. The fourth-order valence-electron chi connectivity index (χ4n) is 5.47. The SMILES string of the molecule is O=C1c2ccc(-c3cc(CNCC4(O)CCCCC4)ccn3)cc2CN1C1CCCNC1. The molecule has 1 amide bonds. The Kier molecular flexibility index (Phi) is 6.26. The standard InChI is InChI=1S/C26H34N4O2/c31-25-23-7-6-20(14-21(23)17-30(25)22-5-4-11-27-16-22)24-13-19(8-12-29-24)15-28-18-26(32)9-2-1-3-10-26/h6-8,12-14,22,27-28,32H,1-5,9-11,15-18H2. The summed E-state index contributed by atoms with van der Waals surface area (Å²) in [5, 5.41) is 17.6. The number of amides is 1. The minimum absolute atomic E-state index is 0.159. The van der Waals surface area contributed by atoms with Crippen molar-refractivity contribution >= 4 is 5.91 Å². The summed E-state index contributed by atoms with van der Waals surface area (Å²) in [5.74, 6) is 0.159. The number of nitrogens with zero attached hydrogens (tertiary/aromatic N) is 2. The number of hydrogen-bond acceptors (Lipinski definition) is 5. The molecule has 0 radical (unpaired) electrons. The Labute approximate surface area is 190 Å². The van der Waals surface area contributed by atoms with Crippen LogP contribution in [-0.4, -0.2) is 52.2 Å². The topological polar surface area (TPSA) is 77.5 Å². The van der Waals surface area contributed by atoms with Gasteiger partial charge < -0.3 is 20.6 Å². The van der Waals surface area contributed by atoms with Crippen molar-refractivity contribution in [3.05, 3.63) is 53.2 Å². The van der Waals surface area contributed by atoms with Gasteiger partial charge in [-0.05, 0) is 67.6 Å². The Morgan fingerprint density at radius 3 is 2.84 bits per heavy atom. The van der Waals surface area contributed by atoms with Crippen molar-refractivity contribution in [3.63, 3.8) is 0 Å². The van der Waals surface area contributed by atoms with E-state index in [9.17, 15) is 9.90 Å². The molecule has 32 heavy (non-hydrogen) atoms. The monoisotopic (exact) mass is 434 g/mol. The van der Waals surface area contributed by atoms with Crippen LogP contribution in [0.3, 0.4) is 0 Å². The maximum absolute atomic E-state index is 12.9. The zero-order valence-corrected chi connectivity index (χ0v) is 18.8. The van der Waals surface area contributed by atoms with Crippen LogP contribution in [0, 0.1) is 0 Å². The lowest BCUT2D eigenvalue weighted by Gasteiger charge is -2.32. The number of fused-ring (bicyclic) bond motifs is 1. The average molecular weight is 435 g/mol. The highest BCUT2D eigenvalue weighted by atomic mass is 16.3. The van der Waals surface area contributed by atoms with Gasteiger partial charge in [-0.25, -0.2) is 0 Å². The third-order valence-corrected chi connectivity index (χ3v) is 7.34. The first-order valence-corrected chi connectivity index (χ1v) is 12.1. The second-order valence-corrected chi connectivity index (χ2v) is 9.74. The molecule has 5 rings (SSSR count). The molecular formula is C26H34N4O2. The average Bonchev–Trinajstić information content (AvgIpc) is 3.16. The Bertz CT molecular complexity index is 964. The van der Waals surface area contributed by atoms with Crippen LogP contribution in [-0.2, 0) is 13.1 Å². The van der Waals surface area contributed by atoms with Gasteiger partial charge in [0.15, 0.2) is 0 Å². The van der Waals surface area contributed by atoms with E-state index in [-0.39, 0.29) is 5.91 Å². The zero-order chi connectivity index (χ0) is 22.0. The molecule has 2 aromatic rings. The van der Waals surface area contributed by atoms with Gasteiger partial charge in [-0.2, -0.15) is 0 Å².